The number of rotatable bonds is 4. The summed E-state index contributed by atoms with van der Waals surface area (Å²) in [6.07, 6.45) is 10.5. The normalized spacial score (nSPS) is 17.5. The van der Waals surface area contributed by atoms with Crippen LogP contribution in [-0.4, -0.2) is 58.1 Å². The van der Waals surface area contributed by atoms with Crippen LogP contribution in [0.2, 0.25) is 5.02 Å². The quantitative estimate of drug-likeness (QED) is 0.393. The van der Waals surface area contributed by atoms with Crippen molar-refractivity contribution in [3.63, 3.8) is 0 Å². The first-order valence-electron chi connectivity index (χ1n) is 11.8. The third-order valence-electron chi connectivity index (χ3n) is 7.42. The van der Waals surface area contributed by atoms with Gasteiger partial charge in [0.15, 0.2) is 0 Å². The van der Waals surface area contributed by atoms with Gasteiger partial charge in [0.25, 0.3) is 0 Å². The number of hydrogen-bond donors (Lipinski definition) is 0. The van der Waals surface area contributed by atoms with Gasteiger partial charge in [0.05, 0.1) is 48.2 Å². The summed E-state index contributed by atoms with van der Waals surface area (Å²) < 4.78 is 25.7. The number of anilines is 1. The van der Waals surface area contributed by atoms with E-state index in [4.69, 9.17) is 16.6 Å². The van der Waals surface area contributed by atoms with Crippen LogP contribution in [-0.2, 0) is 26.8 Å². The van der Waals surface area contributed by atoms with Gasteiger partial charge in [0.2, 0.25) is 15.9 Å². The molecule has 0 saturated carbocycles. The monoisotopic (exact) mass is 534 g/mol. The Balaban J connectivity index is 1.44. The summed E-state index contributed by atoms with van der Waals surface area (Å²) >= 11 is 6.24. The molecule has 0 atom stereocenters. The third-order valence-corrected chi connectivity index (χ3v) is 8.96. The zero-order valence-electron chi connectivity index (χ0n) is 20.0. The molecular formula is C26H23ClN6O3S. The number of fused-ring (bicyclic) bond motifs is 3. The molecule has 1 spiro atoms. The first-order chi connectivity index (χ1) is 17.8. The van der Waals surface area contributed by atoms with Gasteiger partial charge < -0.3 is 4.90 Å². The minimum absolute atomic E-state index is 0.0551. The summed E-state index contributed by atoms with van der Waals surface area (Å²) in [7, 11) is -3.32. The van der Waals surface area contributed by atoms with Crippen LogP contribution in [0.5, 0.6) is 0 Å². The molecule has 4 aromatic rings. The lowest BCUT2D eigenvalue weighted by molar-refractivity contribution is -0.124. The third kappa shape index (κ3) is 3.96. The van der Waals surface area contributed by atoms with Crippen LogP contribution in [0, 0.1) is 0 Å². The number of carbonyl (C=O) groups is 1. The highest BCUT2D eigenvalue weighted by atomic mass is 35.5. The highest BCUT2D eigenvalue weighted by Gasteiger charge is 2.53. The maximum Gasteiger partial charge on any atom is 0.238 e. The van der Waals surface area contributed by atoms with E-state index in [0.29, 0.717) is 36.6 Å². The predicted octanol–water partition coefficient (Wildman–Crippen LogP) is 3.58. The summed E-state index contributed by atoms with van der Waals surface area (Å²) in [5.74, 6) is -0.0551. The molecule has 1 aromatic carbocycles. The van der Waals surface area contributed by atoms with E-state index < -0.39 is 15.4 Å². The van der Waals surface area contributed by atoms with Crippen LogP contribution in [0.4, 0.5) is 5.69 Å². The van der Waals surface area contributed by atoms with Crippen LogP contribution in [0.15, 0.2) is 61.3 Å². The van der Waals surface area contributed by atoms with E-state index in [-0.39, 0.29) is 12.5 Å². The Morgan fingerprint density at radius 1 is 1.03 bits per heavy atom. The van der Waals surface area contributed by atoms with Gasteiger partial charge in [-0.3, -0.25) is 14.8 Å². The molecule has 0 unspecified atom stereocenters. The molecule has 3 aromatic heterocycles. The van der Waals surface area contributed by atoms with Crippen molar-refractivity contribution in [3.05, 3.63) is 77.6 Å². The Kier molecular flexibility index (Phi) is 5.70. The average molecular weight is 535 g/mol. The van der Waals surface area contributed by atoms with Crippen molar-refractivity contribution in [2.45, 2.75) is 24.8 Å². The van der Waals surface area contributed by atoms with Crippen LogP contribution in [0.25, 0.3) is 21.9 Å². The SMILES string of the molecule is CS(=O)(=O)N1CCC2(CC1)C(=O)N(Cc1ncc3cc(Cl)ccc3c1-c1ccnnc1)c1cnccc12. The fraction of sp³-hybridized carbons (Fsp3) is 0.269. The highest BCUT2D eigenvalue weighted by Crippen LogP contribution is 2.48. The van der Waals surface area contributed by atoms with E-state index >= 15 is 0 Å². The number of sulfonamides is 1. The van der Waals surface area contributed by atoms with Crippen LogP contribution >= 0.6 is 11.6 Å². The number of pyridine rings is 2. The van der Waals surface area contributed by atoms with Gasteiger partial charge in [-0.2, -0.15) is 10.2 Å². The van der Waals surface area contributed by atoms with Crippen molar-refractivity contribution < 1.29 is 13.2 Å². The molecule has 0 aliphatic carbocycles. The number of halogens is 1. The largest absolute Gasteiger partial charge is 0.304 e. The van der Waals surface area contributed by atoms with Crippen molar-refractivity contribution >= 4 is 44.0 Å². The molecular weight excluding hydrogens is 512 g/mol. The van der Waals surface area contributed by atoms with Crippen molar-refractivity contribution in [1.29, 1.82) is 0 Å². The lowest BCUT2D eigenvalue weighted by atomic mass is 9.74. The standard InChI is InChI=1S/C26H23ClN6O3S/c1-37(35,36)32-10-6-26(7-11-32)21-5-8-28-15-23(21)33(25(26)34)16-22-24(17-4-9-30-31-14-17)20-3-2-19(27)12-18(20)13-29-22/h2-5,8-9,12-15H,6-7,10-11,16H2,1H3. The predicted molar refractivity (Wildman–Crippen MR) is 141 cm³/mol. The smallest absolute Gasteiger partial charge is 0.238 e. The van der Waals surface area contributed by atoms with E-state index in [1.165, 1.54) is 10.6 Å². The molecule has 0 N–H and O–H groups in total. The minimum Gasteiger partial charge on any atom is -0.304 e. The average Bonchev–Trinajstić information content (AvgIpc) is 3.11. The van der Waals surface area contributed by atoms with E-state index in [0.717, 1.165) is 33.2 Å². The van der Waals surface area contributed by atoms with E-state index in [1.54, 1.807) is 35.9 Å². The second-order valence-electron chi connectivity index (χ2n) is 9.47. The Bertz CT molecular complexity index is 1640. The van der Waals surface area contributed by atoms with Crippen molar-refractivity contribution in [1.82, 2.24) is 24.5 Å². The molecule has 2 aliphatic rings. The lowest BCUT2D eigenvalue weighted by Crippen LogP contribution is -2.49. The Labute approximate surface area is 219 Å². The Morgan fingerprint density at radius 2 is 1.84 bits per heavy atom. The summed E-state index contributed by atoms with van der Waals surface area (Å²) in [6, 6.07) is 9.38. The number of nitrogens with zero attached hydrogens (tertiary/aromatic N) is 6. The van der Waals surface area contributed by atoms with E-state index in [9.17, 15) is 13.2 Å². The summed E-state index contributed by atoms with van der Waals surface area (Å²) in [4.78, 5) is 24.9. The zero-order valence-corrected chi connectivity index (χ0v) is 21.6. The number of piperidine rings is 1. The van der Waals surface area contributed by atoms with Gasteiger partial charge in [0, 0.05) is 47.0 Å². The summed E-state index contributed by atoms with van der Waals surface area (Å²) in [5.41, 5.74) is 3.23. The number of amides is 1. The van der Waals surface area contributed by atoms with Crippen molar-refractivity contribution in [2.75, 3.05) is 24.2 Å². The maximum absolute atomic E-state index is 14.1. The van der Waals surface area contributed by atoms with Crippen molar-refractivity contribution in [3.8, 4) is 11.1 Å². The van der Waals surface area contributed by atoms with Crippen LogP contribution < -0.4 is 4.90 Å². The molecule has 0 radical (unpaired) electrons. The van der Waals surface area contributed by atoms with Gasteiger partial charge in [-0.15, -0.1) is 0 Å². The molecule has 1 amide bonds. The second kappa shape index (κ2) is 8.83. The Hall–Kier alpha value is -3.47. The summed E-state index contributed by atoms with van der Waals surface area (Å²) in [6.45, 7) is 0.817. The highest BCUT2D eigenvalue weighted by molar-refractivity contribution is 7.88. The topological polar surface area (TPSA) is 109 Å². The minimum atomic E-state index is -3.32. The van der Waals surface area contributed by atoms with E-state index in [1.807, 2.05) is 30.3 Å². The first kappa shape index (κ1) is 23.9. The molecule has 6 rings (SSSR count). The van der Waals surface area contributed by atoms with Crippen LogP contribution in [0.1, 0.15) is 24.1 Å². The van der Waals surface area contributed by atoms with Gasteiger partial charge in [-0.05, 0) is 48.1 Å². The molecule has 37 heavy (non-hydrogen) atoms. The molecule has 1 saturated heterocycles. The van der Waals surface area contributed by atoms with E-state index in [2.05, 4.69) is 15.2 Å². The second-order valence-corrected chi connectivity index (χ2v) is 11.9. The molecule has 1 fully saturated rings. The lowest BCUT2D eigenvalue weighted by Gasteiger charge is -2.37. The summed E-state index contributed by atoms with van der Waals surface area (Å²) in [5, 5.41) is 10.4. The number of aromatic nitrogens is 4. The molecule has 0 bridgehead atoms. The number of carbonyl (C=O) groups excluding carboxylic acids is 1. The number of benzene rings is 1. The fourth-order valence-electron chi connectivity index (χ4n) is 5.59. The molecule has 11 heteroatoms. The van der Waals surface area contributed by atoms with Gasteiger partial charge in [0.1, 0.15) is 0 Å². The first-order valence-corrected chi connectivity index (χ1v) is 14.1. The van der Waals surface area contributed by atoms with Crippen molar-refractivity contribution in [2.24, 2.45) is 0 Å². The van der Waals surface area contributed by atoms with Crippen LogP contribution in [0.3, 0.4) is 0 Å². The maximum atomic E-state index is 14.1. The van der Waals surface area contributed by atoms with Gasteiger partial charge >= 0.3 is 0 Å². The zero-order chi connectivity index (χ0) is 25.8. The molecule has 2 aliphatic heterocycles. The number of hydrogen-bond acceptors (Lipinski definition) is 7. The fourth-order valence-corrected chi connectivity index (χ4v) is 6.62. The van der Waals surface area contributed by atoms with Gasteiger partial charge in [-0.25, -0.2) is 12.7 Å². The van der Waals surface area contributed by atoms with Gasteiger partial charge in [-0.1, -0.05) is 17.7 Å². The molecule has 9 nitrogen and oxygen atoms in total. The Morgan fingerprint density at radius 3 is 2.57 bits per heavy atom. The molecule has 188 valence electrons. The molecule has 5 heterocycles.